The summed E-state index contributed by atoms with van der Waals surface area (Å²) in [6.07, 6.45) is 1.91. The van der Waals surface area contributed by atoms with E-state index in [2.05, 4.69) is 426 Å². The van der Waals surface area contributed by atoms with Crippen LogP contribution >= 0.6 is 0 Å². The van der Waals surface area contributed by atoms with Crippen molar-refractivity contribution in [2.75, 3.05) is 17.7 Å². The molecule has 2 aromatic heterocycles. The molecular formula is C91H160Hf2N4Si9-4. The molecule has 0 fully saturated rings. The number of pyridine rings is 2. The van der Waals surface area contributed by atoms with Crippen molar-refractivity contribution < 1.29 is 51.7 Å². The Labute approximate surface area is 706 Å². The Morgan fingerprint density at radius 3 is 0.858 bits per heavy atom. The molecule has 1 N–H and O–H groups in total. The van der Waals surface area contributed by atoms with Gasteiger partial charge >= 0.3 is 25.8 Å². The van der Waals surface area contributed by atoms with Crippen LogP contribution in [0.4, 0.5) is 11.6 Å². The second kappa shape index (κ2) is 44.0. The number of nitrogens with one attached hydrogen (secondary N) is 1. The number of aromatic nitrogens is 2. The first-order chi connectivity index (χ1) is 45.4. The monoisotopic (exact) mass is 1920 g/mol. The molecule has 106 heavy (non-hydrogen) atoms. The normalized spacial score (nSPS) is 12.3. The minimum absolute atomic E-state index is 0. The number of rotatable bonds is 8. The summed E-state index contributed by atoms with van der Waals surface area (Å²) in [7, 11) is -8.54. The largest absolute Gasteiger partial charge is 4.00 e. The Hall–Kier alpha value is -2.05. The molecule has 0 unspecified atom stereocenters. The van der Waals surface area contributed by atoms with Crippen LogP contribution in [0.2, 0.25) is 177 Å². The summed E-state index contributed by atoms with van der Waals surface area (Å²) in [6, 6.07) is 45.1. The van der Waals surface area contributed by atoms with Crippen molar-refractivity contribution in [1.82, 2.24) is 9.97 Å². The van der Waals surface area contributed by atoms with Crippen molar-refractivity contribution in [3.8, 4) is 22.5 Å². The molecule has 0 saturated carbocycles. The van der Waals surface area contributed by atoms with Crippen LogP contribution in [0.1, 0.15) is 113 Å². The standard InChI is InChI=1S/C31H40N2Si.C31H39N2Si.7C4H11Si.CH4.2Hf/c2*1-30(2,3)23-15-16-25-22(18-23)17-21-13-14-24(31(4,5)6)19-26(21)29(25)27-11-10-12-28(33-27)32-20-34(7,8)9;7*1-5(2,3)4;;;/h10-19H,20H2,1-9H3,(H,32,33);10-19H,20H2,1-9H3;7*1H2,2-4H3;1H4;;/q;8*-1;;;+4. The van der Waals surface area contributed by atoms with Crippen molar-refractivity contribution in [1.29, 1.82) is 0 Å². The molecule has 592 valence electrons. The summed E-state index contributed by atoms with van der Waals surface area (Å²) >= 11 is 0. The van der Waals surface area contributed by atoms with E-state index in [1.165, 1.54) is 76.5 Å². The molecular weight excluding hydrogens is 1760 g/mol. The Morgan fingerprint density at radius 1 is 0.321 bits per heavy atom. The van der Waals surface area contributed by atoms with Gasteiger partial charge in [-0.1, -0.05) is 364 Å². The number of anilines is 1. The maximum atomic E-state index is 5.12. The summed E-state index contributed by atoms with van der Waals surface area (Å²) in [5.74, 6) is 1.80. The Balaban J connectivity index is -0.000000666. The van der Waals surface area contributed by atoms with E-state index in [4.69, 9.17) is 15.3 Å². The first-order valence-corrected chi connectivity index (χ1v) is 71.2. The van der Waals surface area contributed by atoms with Crippen molar-refractivity contribution in [2.45, 2.75) is 289 Å². The second-order valence-electron chi connectivity index (χ2n) is 43.8. The first-order valence-electron chi connectivity index (χ1n) is 37.8. The van der Waals surface area contributed by atoms with Crippen LogP contribution in [0.25, 0.3) is 70.9 Å². The van der Waals surface area contributed by atoms with Gasteiger partial charge in [-0.25, -0.2) is 4.98 Å². The van der Waals surface area contributed by atoms with E-state index in [9.17, 15) is 0 Å². The Morgan fingerprint density at radius 2 is 0.585 bits per heavy atom. The van der Waals surface area contributed by atoms with Crippen molar-refractivity contribution in [3.63, 3.8) is 0 Å². The average molecular weight is 1920 g/mol. The van der Waals surface area contributed by atoms with Crippen LogP contribution in [0.5, 0.6) is 0 Å². The number of hydrogen-bond donors (Lipinski definition) is 1. The van der Waals surface area contributed by atoms with Gasteiger partial charge < -0.3 is 61.4 Å². The van der Waals surface area contributed by atoms with Gasteiger partial charge in [-0.3, -0.25) is 0 Å². The zero-order chi connectivity index (χ0) is 81.3. The summed E-state index contributed by atoms with van der Waals surface area (Å²) in [5, 5.41) is 18.6. The van der Waals surface area contributed by atoms with Gasteiger partial charge in [0, 0.05) is 45.6 Å². The van der Waals surface area contributed by atoms with E-state index in [0.29, 0.717) is 0 Å². The smallest absolute Gasteiger partial charge is 0.468 e. The molecule has 0 spiro atoms. The fraction of sp³-hybridized carbons (Fsp3) is 0.505. The molecule has 0 saturated heterocycles. The zero-order valence-electron chi connectivity index (χ0n) is 75.3. The van der Waals surface area contributed by atoms with Crippen LogP contribution in [-0.2, 0) is 73.3 Å². The first kappa shape index (κ1) is 110. The van der Waals surface area contributed by atoms with Crippen molar-refractivity contribution in [2.24, 2.45) is 0 Å². The number of hydrogen-bond acceptors (Lipinski definition) is 3. The molecule has 0 atom stereocenters. The fourth-order valence-electron chi connectivity index (χ4n) is 8.66. The minimum atomic E-state index is -1.28. The van der Waals surface area contributed by atoms with Gasteiger partial charge in [-0.2, -0.15) is 0 Å². The van der Waals surface area contributed by atoms with Crippen LogP contribution in [-0.4, -0.2) is 95.0 Å². The molecule has 0 aliphatic rings. The third kappa shape index (κ3) is 54.6. The summed E-state index contributed by atoms with van der Waals surface area (Å²) in [6.45, 7) is 115. The molecule has 0 bridgehead atoms. The minimum Gasteiger partial charge on any atom is -0.468 e. The van der Waals surface area contributed by atoms with Crippen LogP contribution < -0.4 is 5.32 Å². The van der Waals surface area contributed by atoms with Gasteiger partial charge in [0.05, 0.1) is 13.8 Å². The molecule has 2 heterocycles. The van der Waals surface area contributed by atoms with E-state index >= 15 is 0 Å². The molecule has 0 aliphatic heterocycles. The van der Waals surface area contributed by atoms with Crippen LogP contribution in [0.3, 0.4) is 0 Å². The van der Waals surface area contributed by atoms with Crippen LogP contribution in [0, 0.1) is 45.8 Å². The third-order valence-corrected chi connectivity index (χ3v) is 15.2. The SMILES string of the molecule is C.CC(C)(C)c1ccc2c(-c3cccc(NC[Si](C)(C)C)n3)c3cc(C(C)(C)C)ccc3cc2c1.CC(C)(C)c1ccc2c(-c3cccc([N-]C[Si](C)(C)C)n3)c3cc(C(C)(C)C)ccc3cc2c1.[CH2-][Si](C)(C)C.[CH2-][Si](C)(C)C.[CH2-][Si](C)(C)C.[CH2-][Si](C)(C)C.[CH2-][Si](C)(C)C.[CH2-][Si](C)(C)C.[CH2-][Si](C)(C)C.[Hf+4].[Hf]. The fourth-order valence-corrected chi connectivity index (χ4v) is 10.0. The summed E-state index contributed by atoms with van der Waals surface area (Å²) in [5.41, 5.74) is 10.3. The predicted molar refractivity (Wildman–Crippen MR) is 515 cm³/mol. The number of benzene rings is 6. The van der Waals surface area contributed by atoms with Gasteiger partial charge in [-0.05, 0) is 135 Å². The molecule has 0 amide bonds. The second-order valence-corrected chi connectivity index (χ2v) is 90.5. The Kier molecular flexibility index (Phi) is 45.8. The predicted octanol–water partition coefficient (Wildman–Crippen LogP) is 31.0. The molecule has 8 aromatic rings. The number of nitrogens with zero attached hydrogens (tertiary/aromatic N) is 3. The van der Waals surface area contributed by atoms with Crippen molar-refractivity contribution in [3.05, 3.63) is 195 Å². The Bertz CT molecular complexity index is 3510. The zero-order valence-corrected chi connectivity index (χ0v) is 91.4. The van der Waals surface area contributed by atoms with Gasteiger partial charge in [0.25, 0.3) is 0 Å². The molecule has 8 rings (SSSR count). The van der Waals surface area contributed by atoms with Crippen molar-refractivity contribution >= 4 is 127 Å². The quantitative estimate of drug-likeness (QED) is 0.0937. The molecule has 6 aromatic carbocycles. The molecule has 0 radical (unpaired) electrons. The summed E-state index contributed by atoms with van der Waals surface area (Å²) < 4.78 is 0. The van der Waals surface area contributed by atoms with E-state index < -0.39 is 72.7 Å². The van der Waals surface area contributed by atoms with E-state index in [-0.39, 0.29) is 80.8 Å². The maximum Gasteiger partial charge on any atom is 4.00 e. The number of fused-ring (bicyclic) bond motifs is 4. The maximum absolute atomic E-state index is 5.12. The molecule has 0 aliphatic carbocycles. The topological polar surface area (TPSA) is 51.9 Å². The average Bonchev–Trinajstić information content (AvgIpc) is 0.753. The van der Waals surface area contributed by atoms with Gasteiger partial charge in [0.2, 0.25) is 0 Å². The van der Waals surface area contributed by atoms with Gasteiger partial charge in [0.1, 0.15) is 5.82 Å². The van der Waals surface area contributed by atoms with Gasteiger partial charge in [-0.15, -0.1) is 56.5 Å². The van der Waals surface area contributed by atoms with E-state index in [0.717, 1.165) is 35.4 Å². The summed E-state index contributed by atoms with van der Waals surface area (Å²) in [4.78, 5) is 10.2. The third-order valence-electron chi connectivity index (χ3n) is 12.9. The molecule has 4 nitrogen and oxygen atoms in total. The molecule has 15 heteroatoms. The van der Waals surface area contributed by atoms with Gasteiger partial charge in [0.15, 0.2) is 0 Å². The van der Waals surface area contributed by atoms with Crippen LogP contribution in [0.15, 0.2) is 121 Å². The van der Waals surface area contributed by atoms with E-state index in [1.54, 1.807) is 0 Å². The van der Waals surface area contributed by atoms with E-state index in [1.807, 2.05) is 6.07 Å².